The van der Waals surface area contributed by atoms with Gasteiger partial charge in [-0.15, -0.1) is 0 Å². The molecule has 0 spiro atoms. The predicted octanol–water partition coefficient (Wildman–Crippen LogP) is 3.72. The first-order valence-corrected chi connectivity index (χ1v) is 8.12. The van der Waals surface area contributed by atoms with E-state index in [9.17, 15) is 14.7 Å². The van der Waals surface area contributed by atoms with E-state index in [1.54, 1.807) is 18.2 Å². The topological polar surface area (TPSA) is 66.4 Å². The summed E-state index contributed by atoms with van der Waals surface area (Å²) in [5, 5.41) is 12.6. The number of carbonyl (C=O) groups is 2. The molecule has 2 N–H and O–H groups in total. The molecule has 0 aliphatic heterocycles. The summed E-state index contributed by atoms with van der Waals surface area (Å²) < 4.78 is 0.630. The molecule has 2 rings (SSSR count). The average Bonchev–Trinajstić information content (AvgIpc) is 2.45. The minimum absolute atomic E-state index is 0.00581. The standard InChI is InChI=1S/C15H17BrClNO3/c16-13-7-10(17)5-6-12(13)14(19)18-8-9-3-1-2-4-11(9)15(20)21/h5-7,9,11H,1-4,8H2,(H,18,19)(H,20,21). The number of aliphatic carboxylic acids is 1. The molecule has 1 aliphatic rings. The summed E-state index contributed by atoms with van der Waals surface area (Å²) in [7, 11) is 0. The van der Waals surface area contributed by atoms with E-state index >= 15 is 0 Å². The summed E-state index contributed by atoms with van der Waals surface area (Å²) in [5.74, 6) is -1.33. The van der Waals surface area contributed by atoms with E-state index in [0.29, 0.717) is 28.0 Å². The third-order valence-corrected chi connectivity index (χ3v) is 4.82. The number of amides is 1. The van der Waals surface area contributed by atoms with Gasteiger partial charge < -0.3 is 10.4 Å². The molecule has 2 atom stereocenters. The van der Waals surface area contributed by atoms with Crippen molar-refractivity contribution < 1.29 is 14.7 Å². The molecule has 1 aromatic carbocycles. The Morgan fingerprint density at radius 3 is 2.71 bits per heavy atom. The third-order valence-electron chi connectivity index (χ3n) is 3.93. The Kier molecular flexibility index (Phi) is 5.65. The first-order valence-electron chi connectivity index (χ1n) is 6.95. The van der Waals surface area contributed by atoms with Gasteiger partial charge in [-0.25, -0.2) is 0 Å². The zero-order valence-electron chi connectivity index (χ0n) is 11.4. The van der Waals surface area contributed by atoms with Crippen LogP contribution in [0.5, 0.6) is 0 Å². The number of carbonyl (C=O) groups excluding carboxylic acids is 1. The lowest BCUT2D eigenvalue weighted by Crippen LogP contribution is -2.37. The molecule has 4 nitrogen and oxygen atoms in total. The second kappa shape index (κ2) is 7.27. The fourth-order valence-corrected chi connectivity index (χ4v) is 3.63. The molecule has 114 valence electrons. The molecule has 1 saturated carbocycles. The van der Waals surface area contributed by atoms with Crippen LogP contribution in [0.1, 0.15) is 36.0 Å². The molecular formula is C15H17BrClNO3. The molecule has 0 aromatic heterocycles. The Hall–Kier alpha value is -1.07. The highest BCUT2D eigenvalue weighted by Crippen LogP contribution is 2.30. The number of hydrogen-bond acceptors (Lipinski definition) is 2. The average molecular weight is 375 g/mol. The van der Waals surface area contributed by atoms with E-state index in [-0.39, 0.29) is 17.7 Å². The van der Waals surface area contributed by atoms with Crippen molar-refractivity contribution in [2.75, 3.05) is 6.54 Å². The first kappa shape index (κ1) is 16.3. The number of nitrogens with one attached hydrogen (secondary N) is 1. The summed E-state index contributed by atoms with van der Waals surface area (Å²) in [4.78, 5) is 23.4. The van der Waals surface area contributed by atoms with E-state index in [2.05, 4.69) is 21.2 Å². The molecule has 1 amide bonds. The van der Waals surface area contributed by atoms with Crippen LogP contribution in [0.3, 0.4) is 0 Å². The second-order valence-corrected chi connectivity index (χ2v) is 6.61. The summed E-state index contributed by atoms with van der Waals surface area (Å²) in [5.41, 5.74) is 0.502. The van der Waals surface area contributed by atoms with Crippen molar-refractivity contribution in [1.82, 2.24) is 5.32 Å². The quantitative estimate of drug-likeness (QED) is 0.844. The van der Waals surface area contributed by atoms with Gasteiger partial charge in [-0.3, -0.25) is 9.59 Å². The van der Waals surface area contributed by atoms with Crippen LogP contribution in [-0.2, 0) is 4.79 Å². The highest BCUT2D eigenvalue weighted by atomic mass is 79.9. The number of benzene rings is 1. The molecule has 0 heterocycles. The fraction of sp³-hybridized carbons (Fsp3) is 0.467. The van der Waals surface area contributed by atoms with Gasteiger partial charge >= 0.3 is 5.97 Å². The van der Waals surface area contributed by atoms with Gasteiger partial charge in [-0.1, -0.05) is 24.4 Å². The van der Waals surface area contributed by atoms with Crippen molar-refractivity contribution >= 4 is 39.4 Å². The predicted molar refractivity (Wildman–Crippen MR) is 84.6 cm³/mol. The van der Waals surface area contributed by atoms with E-state index in [1.165, 1.54) is 0 Å². The van der Waals surface area contributed by atoms with Crippen LogP contribution in [-0.4, -0.2) is 23.5 Å². The molecule has 0 radical (unpaired) electrons. The van der Waals surface area contributed by atoms with E-state index < -0.39 is 5.97 Å². The molecule has 1 aliphatic carbocycles. The highest BCUT2D eigenvalue weighted by Gasteiger charge is 2.30. The maximum absolute atomic E-state index is 12.2. The maximum atomic E-state index is 12.2. The van der Waals surface area contributed by atoms with Crippen LogP contribution in [0.2, 0.25) is 5.02 Å². The van der Waals surface area contributed by atoms with Gasteiger partial charge in [0.05, 0.1) is 11.5 Å². The summed E-state index contributed by atoms with van der Waals surface area (Å²) >= 11 is 9.16. The lowest BCUT2D eigenvalue weighted by Gasteiger charge is -2.28. The minimum Gasteiger partial charge on any atom is -0.481 e. The number of hydrogen-bond donors (Lipinski definition) is 2. The van der Waals surface area contributed by atoms with Gasteiger partial charge in [0.15, 0.2) is 0 Å². The van der Waals surface area contributed by atoms with Crippen molar-refractivity contribution in [3.8, 4) is 0 Å². The van der Waals surface area contributed by atoms with Crippen LogP contribution in [0.15, 0.2) is 22.7 Å². The number of halogens is 2. The molecule has 6 heteroatoms. The summed E-state index contributed by atoms with van der Waals surface area (Å²) in [6.07, 6.45) is 3.51. The number of carboxylic acid groups (broad SMARTS) is 1. The minimum atomic E-state index is -0.762. The molecular weight excluding hydrogens is 358 g/mol. The summed E-state index contributed by atoms with van der Waals surface area (Å²) in [6, 6.07) is 4.97. The normalized spacial score (nSPS) is 21.8. The van der Waals surface area contributed by atoms with Crippen LogP contribution in [0, 0.1) is 11.8 Å². The van der Waals surface area contributed by atoms with Gasteiger partial charge in [0.1, 0.15) is 0 Å². The number of carboxylic acids is 1. The first-order chi connectivity index (χ1) is 9.99. The molecule has 0 saturated heterocycles. The zero-order chi connectivity index (χ0) is 15.4. The van der Waals surface area contributed by atoms with Gasteiger partial charge in [0.2, 0.25) is 0 Å². The Labute approximate surface area is 137 Å². The molecule has 1 aromatic rings. The largest absolute Gasteiger partial charge is 0.481 e. The van der Waals surface area contributed by atoms with E-state index in [4.69, 9.17) is 11.6 Å². The van der Waals surface area contributed by atoms with Gasteiger partial charge in [-0.2, -0.15) is 0 Å². The smallest absolute Gasteiger partial charge is 0.306 e. The van der Waals surface area contributed by atoms with Gasteiger partial charge in [0.25, 0.3) is 5.91 Å². The van der Waals surface area contributed by atoms with Crippen molar-refractivity contribution in [3.05, 3.63) is 33.3 Å². The third kappa shape index (κ3) is 4.20. The van der Waals surface area contributed by atoms with Crippen molar-refractivity contribution in [2.45, 2.75) is 25.7 Å². The second-order valence-electron chi connectivity index (χ2n) is 5.32. The Morgan fingerprint density at radius 2 is 2.05 bits per heavy atom. The molecule has 2 unspecified atom stereocenters. The van der Waals surface area contributed by atoms with Gasteiger partial charge in [0, 0.05) is 16.0 Å². The van der Waals surface area contributed by atoms with E-state index in [1.807, 2.05) is 0 Å². The lowest BCUT2D eigenvalue weighted by molar-refractivity contribution is -0.144. The molecule has 0 bridgehead atoms. The van der Waals surface area contributed by atoms with Gasteiger partial charge in [-0.05, 0) is 52.9 Å². The van der Waals surface area contributed by atoms with E-state index in [0.717, 1.165) is 19.3 Å². The number of rotatable bonds is 4. The lowest BCUT2D eigenvalue weighted by atomic mass is 9.79. The molecule has 21 heavy (non-hydrogen) atoms. The molecule has 1 fully saturated rings. The summed E-state index contributed by atoms with van der Waals surface area (Å²) in [6.45, 7) is 0.394. The monoisotopic (exact) mass is 373 g/mol. The Morgan fingerprint density at radius 1 is 1.33 bits per heavy atom. The SMILES string of the molecule is O=C(NCC1CCCCC1C(=O)O)c1ccc(Cl)cc1Br. The van der Waals surface area contributed by atoms with Crippen molar-refractivity contribution in [3.63, 3.8) is 0 Å². The van der Waals surface area contributed by atoms with Crippen LogP contribution >= 0.6 is 27.5 Å². The Balaban J connectivity index is 1.98. The highest BCUT2D eigenvalue weighted by molar-refractivity contribution is 9.10. The maximum Gasteiger partial charge on any atom is 0.306 e. The zero-order valence-corrected chi connectivity index (χ0v) is 13.8. The van der Waals surface area contributed by atoms with Crippen LogP contribution < -0.4 is 5.32 Å². The van der Waals surface area contributed by atoms with Crippen LogP contribution in [0.25, 0.3) is 0 Å². The fourth-order valence-electron chi connectivity index (χ4n) is 2.77. The van der Waals surface area contributed by atoms with Crippen LogP contribution in [0.4, 0.5) is 0 Å². The van der Waals surface area contributed by atoms with Crippen molar-refractivity contribution in [2.24, 2.45) is 11.8 Å². The van der Waals surface area contributed by atoms with Crippen molar-refractivity contribution in [1.29, 1.82) is 0 Å². The Bertz CT molecular complexity index is 550.